The first-order chi connectivity index (χ1) is 6.93. The molecule has 0 aromatic heterocycles. The monoisotopic (exact) mass is 186 g/mol. The molecule has 1 nitrogen and oxygen atoms in total. The van der Waals surface area contributed by atoms with E-state index in [1.165, 1.54) is 25.1 Å². The first-order valence-corrected chi connectivity index (χ1v) is 5.51. The van der Waals surface area contributed by atoms with Crippen LogP contribution in [0.2, 0.25) is 0 Å². The Morgan fingerprint density at radius 1 is 1.14 bits per heavy atom. The molecular formula is C13H16N+. The smallest absolute Gasteiger partial charge is 0.0904 e. The molecular weight excluding hydrogens is 170 g/mol. The zero-order valence-corrected chi connectivity index (χ0v) is 8.32. The van der Waals surface area contributed by atoms with Gasteiger partial charge < -0.3 is 4.90 Å². The minimum atomic E-state index is 0.768. The van der Waals surface area contributed by atoms with Crippen LogP contribution in [0.25, 0.3) is 0 Å². The Kier molecular flexibility index (Phi) is 1.91. The number of benzene rings is 1. The maximum absolute atomic E-state index is 2.42. The molecule has 1 aromatic carbocycles. The van der Waals surface area contributed by atoms with Crippen molar-refractivity contribution >= 4 is 0 Å². The number of hydrogen-bond donors (Lipinski definition) is 1. The van der Waals surface area contributed by atoms with Gasteiger partial charge in [0.05, 0.1) is 19.3 Å². The van der Waals surface area contributed by atoms with Gasteiger partial charge in [-0.2, -0.15) is 0 Å². The second kappa shape index (κ2) is 3.25. The third-order valence-corrected chi connectivity index (χ3v) is 3.60. The van der Waals surface area contributed by atoms with Gasteiger partial charge >= 0.3 is 0 Å². The van der Waals surface area contributed by atoms with Crippen LogP contribution in [0.3, 0.4) is 0 Å². The van der Waals surface area contributed by atoms with Gasteiger partial charge in [0.15, 0.2) is 0 Å². The number of rotatable bonds is 1. The molecule has 2 bridgehead atoms. The Morgan fingerprint density at radius 3 is 2.57 bits per heavy atom. The molecule has 1 unspecified atom stereocenters. The largest absolute Gasteiger partial charge is 0.308 e. The van der Waals surface area contributed by atoms with Crippen molar-refractivity contribution in [3.05, 3.63) is 48.2 Å². The van der Waals surface area contributed by atoms with Crippen molar-refractivity contribution in [3.63, 3.8) is 0 Å². The predicted octanol–water partition coefficient (Wildman–Crippen LogP) is 1.20. The van der Waals surface area contributed by atoms with E-state index < -0.39 is 0 Å². The summed E-state index contributed by atoms with van der Waals surface area (Å²) < 4.78 is 0. The average Bonchev–Trinajstić information content (AvgIpc) is 2.32. The van der Waals surface area contributed by atoms with Gasteiger partial charge in [0.1, 0.15) is 0 Å². The SMILES string of the molecule is C1=C[NH+]2CC[C@H]1[C@H](c1ccccc1)C2. The van der Waals surface area contributed by atoms with Crippen molar-refractivity contribution in [3.8, 4) is 0 Å². The van der Waals surface area contributed by atoms with Crippen molar-refractivity contribution in [1.29, 1.82) is 0 Å². The Hall–Kier alpha value is -1.08. The van der Waals surface area contributed by atoms with E-state index in [1.807, 2.05) is 0 Å². The molecule has 3 aliphatic heterocycles. The molecule has 3 aliphatic rings. The number of hydrogen-bond acceptors (Lipinski definition) is 0. The van der Waals surface area contributed by atoms with Crippen molar-refractivity contribution < 1.29 is 4.90 Å². The van der Waals surface area contributed by atoms with E-state index in [4.69, 9.17) is 0 Å². The predicted molar refractivity (Wildman–Crippen MR) is 57.1 cm³/mol. The minimum Gasteiger partial charge on any atom is -0.308 e. The molecule has 0 amide bonds. The Morgan fingerprint density at radius 2 is 2.00 bits per heavy atom. The standard InChI is InChI=1S/C13H15N/c1-2-4-11(5-3-1)13-10-14-8-6-12(13)7-9-14/h1-6,8,12-13H,7,9-10H2/p+1/t12-,13-/m0/s1. The van der Waals surface area contributed by atoms with Gasteiger partial charge in [-0.1, -0.05) is 30.3 Å². The molecule has 1 fully saturated rings. The summed E-state index contributed by atoms with van der Waals surface area (Å²) in [7, 11) is 0. The highest BCUT2D eigenvalue weighted by Gasteiger charge is 2.34. The molecule has 1 saturated heterocycles. The maximum Gasteiger partial charge on any atom is 0.0904 e. The van der Waals surface area contributed by atoms with Crippen LogP contribution in [0, 0.1) is 5.92 Å². The number of piperidine rings is 1. The van der Waals surface area contributed by atoms with Crippen LogP contribution in [-0.4, -0.2) is 13.1 Å². The minimum absolute atomic E-state index is 0.768. The highest BCUT2D eigenvalue weighted by Crippen LogP contribution is 2.30. The first-order valence-electron chi connectivity index (χ1n) is 5.51. The van der Waals surface area contributed by atoms with E-state index in [0.717, 1.165) is 11.8 Å². The van der Waals surface area contributed by atoms with Crippen LogP contribution in [0.1, 0.15) is 17.9 Å². The Bertz CT molecular complexity index is 342. The lowest BCUT2D eigenvalue weighted by molar-refractivity contribution is -0.860. The van der Waals surface area contributed by atoms with Gasteiger partial charge in [-0.15, -0.1) is 0 Å². The fourth-order valence-corrected chi connectivity index (χ4v) is 2.80. The van der Waals surface area contributed by atoms with Crippen LogP contribution >= 0.6 is 0 Å². The second-order valence-corrected chi connectivity index (χ2v) is 4.44. The van der Waals surface area contributed by atoms with E-state index in [9.17, 15) is 0 Å². The maximum atomic E-state index is 2.42. The normalized spacial score (nSPS) is 34.7. The molecule has 14 heavy (non-hydrogen) atoms. The molecule has 4 rings (SSSR count). The van der Waals surface area contributed by atoms with Gasteiger partial charge in [-0.05, 0) is 17.6 Å². The molecule has 3 atom stereocenters. The summed E-state index contributed by atoms with van der Waals surface area (Å²) in [5, 5.41) is 0. The van der Waals surface area contributed by atoms with Gasteiger partial charge in [-0.25, -0.2) is 0 Å². The third-order valence-electron chi connectivity index (χ3n) is 3.60. The number of nitrogens with one attached hydrogen (secondary N) is 1. The molecule has 1 aromatic rings. The second-order valence-electron chi connectivity index (χ2n) is 4.44. The number of allylic oxidation sites excluding steroid dienone is 1. The Labute approximate surface area is 85.0 Å². The topological polar surface area (TPSA) is 4.44 Å². The summed E-state index contributed by atoms with van der Waals surface area (Å²) in [6.07, 6.45) is 6.14. The first kappa shape index (κ1) is 8.25. The fourth-order valence-electron chi connectivity index (χ4n) is 2.80. The van der Waals surface area contributed by atoms with Crippen molar-refractivity contribution in [2.24, 2.45) is 5.92 Å². The summed E-state index contributed by atoms with van der Waals surface area (Å²) in [5.74, 6) is 1.57. The molecule has 0 spiro atoms. The van der Waals surface area contributed by atoms with Crippen LogP contribution < -0.4 is 4.90 Å². The van der Waals surface area contributed by atoms with Gasteiger partial charge in [0.2, 0.25) is 0 Å². The number of quaternary nitrogens is 1. The molecule has 0 radical (unpaired) electrons. The lowest BCUT2D eigenvalue weighted by atomic mass is 9.79. The Balaban J connectivity index is 1.91. The highest BCUT2D eigenvalue weighted by atomic mass is 15.1. The fraction of sp³-hybridized carbons (Fsp3) is 0.385. The van der Waals surface area contributed by atoms with E-state index in [-0.39, 0.29) is 0 Å². The van der Waals surface area contributed by atoms with E-state index in [1.54, 1.807) is 4.90 Å². The van der Waals surface area contributed by atoms with Crippen molar-refractivity contribution in [1.82, 2.24) is 0 Å². The van der Waals surface area contributed by atoms with E-state index >= 15 is 0 Å². The summed E-state index contributed by atoms with van der Waals surface area (Å²) in [5.41, 5.74) is 1.53. The lowest BCUT2D eigenvalue weighted by Crippen LogP contribution is -3.10. The summed E-state index contributed by atoms with van der Waals surface area (Å²) in [4.78, 5) is 1.65. The highest BCUT2D eigenvalue weighted by molar-refractivity contribution is 5.22. The van der Waals surface area contributed by atoms with E-state index in [2.05, 4.69) is 42.6 Å². The third kappa shape index (κ3) is 1.28. The molecule has 1 heteroatoms. The van der Waals surface area contributed by atoms with Crippen LogP contribution in [0.5, 0.6) is 0 Å². The average molecular weight is 186 g/mol. The van der Waals surface area contributed by atoms with E-state index in [0.29, 0.717) is 0 Å². The summed E-state index contributed by atoms with van der Waals surface area (Å²) in [6, 6.07) is 11.0. The number of fused-ring (bicyclic) bond motifs is 2. The zero-order chi connectivity index (χ0) is 9.38. The van der Waals surface area contributed by atoms with Crippen LogP contribution in [-0.2, 0) is 0 Å². The van der Waals surface area contributed by atoms with Gasteiger partial charge in [-0.3, -0.25) is 0 Å². The molecule has 72 valence electrons. The summed E-state index contributed by atoms with van der Waals surface area (Å²) in [6.45, 7) is 2.63. The van der Waals surface area contributed by atoms with Crippen LogP contribution in [0.15, 0.2) is 42.6 Å². The molecule has 0 saturated carbocycles. The van der Waals surface area contributed by atoms with Crippen molar-refractivity contribution in [2.45, 2.75) is 12.3 Å². The molecule has 3 heterocycles. The molecule has 1 N–H and O–H groups in total. The van der Waals surface area contributed by atoms with Crippen LogP contribution in [0.4, 0.5) is 0 Å². The van der Waals surface area contributed by atoms with Gasteiger partial charge in [0, 0.05) is 12.3 Å². The van der Waals surface area contributed by atoms with Crippen molar-refractivity contribution in [2.75, 3.05) is 13.1 Å². The quantitative estimate of drug-likeness (QED) is 0.672. The summed E-state index contributed by atoms with van der Waals surface area (Å²) >= 11 is 0. The lowest BCUT2D eigenvalue weighted by Gasteiger charge is -2.37. The zero-order valence-electron chi connectivity index (χ0n) is 8.32. The molecule has 0 aliphatic carbocycles. The van der Waals surface area contributed by atoms with Gasteiger partial charge in [0.25, 0.3) is 0 Å².